The molecule has 0 bridgehead atoms. The standard InChI is InChI=1S/C9H14OS2/c1-8-9(4-5-10-8)12-7-3-2-6-11/h4-5,11H,2-3,6-7H2,1H3. The first kappa shape index (κ1) is 10.1. The van der Waals surface area contributed by atoms with Crippen LogP contribution >= 0.6 is 24.4 Å². The molecule has 0 aliphatic carbocycles. The molecule has 0 saturated carbocycles. The number of furan rings is 1. The monoisotopic (exact) mass is 202 g/mol. The predicted octanol–water partition coefficient (Wildman–Crippen LogP) is 3.39. The molecule has 0 unspecified atom stereocenters. The lowest BCUT2D eigenvalue weighted by atomic mass is 10.4. The van der Waals surface area contributed by atoms with Gasteiger partial charge in [-0.1, -0.05) is 0 Å². The Morgan fingerprint density at radius 2 is 2.33 bits per heavy atom. The number of unbranched alkanes of at least 4 members (excludes halogenated alkanes) is 1. The molecular formula is C9H14OS2. The molecule has 1 aromatic heterocycles. The van der Waals surface area contributed by atoms with Crippen molar-refractivity contribution < 1.29 is 4.42 Å². The first-order valence-corrected chi connectivity index (χ1v) is 5.74. The number of aryl methyl sites for hydroxylation is 1. The van der Waals surface area contributed by atoms with Gasteiger partial charge in [0.2, 0.25) is 0 Å². The fourth-order valence-electron chi connectivity index (χ4n) is 0.919. The number of hydrogen-bond donors (Lipinski definition) is 1. The second-order valence-corrected chi connectivity index (χ2v) is 4.20. The molecule has 0 aromatic carbocycles. The Balaban J connectivity index is 2.20. The van der Waals surface area contributed by atoms with Gasteiger partial charge in [0.1, 0.15) is 5.76 Å². The zero-order valence-electron chi connectivity index (χ0n) is 7.25. The van der Waals surface area contributed by atoms with Crippen molar-refractivity contribution in [2.24, 2.45) is 0 Å². The fourth-order valence-corrected chi connectivity index (χ4v) is 2.11. The van der Waals surface area contributed by atoms with Crippen LogP contribution in [0.1, 0.15) is 18.6 Å². The van der Waals surface area contributed by atoms with Crippen molar-refractivity contribution in [3.8, 4) is 0 Å². The van der Waals surface area contributed by atoms with Gasteiger partial charge in [0.15, 0.2) is 0 Å². The molecule has 0 fully saturated rings. The summed E-state index contributed by atoms with van der Waals surface area (Å²) in [5.41, 5.74) is 0. The minimum atomic E-state index is 0.991. The summed E-state index contributed by atoms with van der Waals surface area (Å²) < 4.78 is 5.19. The van der Waals surface area contributed by atoms with Crippen LogP contribution in [0.4, 0.5) is 0 Å². The summed E-state index contributed by atoms with van der Waals surface area (Å²) >= 11 is 6.03. The molecule has 1 heterocycles. The van der Waals surface area contributed by atoms with Crippen LogP contribution < -0.4 is 0 Å². The van der Waals surface area contributed by atoms with Crippen molar-refractivity contribution in [1.82, 2.24) is 0 Å². The van der Waals surface area contributed by atoms with Crippen LogP contribution in [0.2, 0.25) is 0 Å². The van der Waals surface area contributed by atoms with Crippen LogP contribution in [0.15, 0.2) is 21.6 Å². The molecule has 0 radical (unpaired) electrons. The fraction of sp³-hybridized carbons (Fsp3) is 0.556. The summed E-state index contributed by atoms with van der Waals surface area (Å²) in [4.78, 5) is 1.27. The number of thiol groups is 1. The maximum Gasteiger partial charge on any atom is 0.114 e. The molecule has 0 aliphatic rings. The molecule has 0 spiro atoms. The highest BCUT2D eigenvalue weighted by Crippen LogP contribution is 2.23. The molecule has 0 atom stereocenters. The predicted molar refractivity (Wildman–Crippen MR) is 57.3 cm³/mol. The minimum Gasteiger partial charge on any atom is -0.468 e. The highest BCUT2D eigenvalue weighted by Gasteiger charge is 2.00. The van der Waals surface area contributed by atoms with Gasteiger partial charge in [-0.2, -0.15) is 12.6 Å². The third kappa shape index (κ3) is 3.15. The van der Waals surface area contributed by atoms with Crippen molar-refractivity contribution in [2.45, 2.75) is 24.7 Å². The number of rotatable bonds is 5. The lowest BCUT2D eigenvalue weighted by Crippen LogP contribution is -1.81. The maximum atomic E-state index is 5.19. The van der Waals surface area contributed by atoms with E-state index in [0.717, 1.165) is 11.5 Å². The molecule has 1 rings (SSSR count). The van der Waals surface area contributed by atoms with Gasteiger partial charge in [-0.3, -0.25) is 0 Å². The average Bonchev–Trinajstić information content (AvgIpc) is 2.46. The normalized spacial score (nSPS) is 10.5. The van der Waals surface area contributed by atoms with Gasteiger partial charge in [-0.15, -0.1) is 11.8 Å². The molecule has 1 nitrogen and oxygen atoms in total. The lowest BCUT2D eigenvalue weighted by Gasteiger charge is -1.97. The summed E-state index contributed by atoms with van der Waals surface area (Å²) in [5.74, 6) is 3.19. The Bertz CT molecular complexity index is 220. The zero-order chi connectivity index (χ0) is 8.81. The molecule has 0 N–H and O–H groups in total. The van der Waals surface area contributed by atoms with E-state index in [1.807, 2.05) is 24.8 Å². The summed E-state index contributed by atoms with van der Waals surface area (Å²) in [5, 5.41) is 0. The lowest BCUT2D eigenvalue weighted by molar-refractivity contribution is 0.527. The number of thioether (sulfide) groups is 1. The van der Waals surface area contributed by atoms with Crippen molar-refractivity contribution in [3.05, 3.63) is 18.1 Å². The van der Waals surface area contributed by atoms with E-state index in [0.29, 0.717) is 0 Å². The Labute approximate surface area is 83.3 Å². The third-order valence-corrected chi connectivity index (χ3v) is 3.16. The van der Waals surface area contributed by atoms with E-state index in [-0.39, 0.29) is 0 Å². The van der Waals surface area contributed by atoms with E-state index in [1.54, 1.807) is 6.26 Å². The van der Waals surface area contributed by atoms with Gasteiger partial charge in [-0.25, -0.2) is 0 Å². The Morgan fingerprint density at radius 3 is 2.92 bits per heavy atom. The van der Waals surface area contributed by atoms with Gasteiger partial charge in [0, 0.05) is 4.90 Å². The SMILES string of the molecule is Cc1occc1SCCCCS. The smallest absolute Gasteiger partial charge is 0.114 e. The van der Waals surface area contributed by atoms with E-state index < -0.39 is 0 Å². The van der Waals surface area contributed by atoms with Crippen molar-refractivity contribution in [3.63, 3.8) is 0 Å². The Morgan fingerprint density at radius 1 is 1.50 bits per heavy atom. The van der Waals surface area contributed by atoms with E-state index >= 15 is 0 Å². The van der Waals surface area contributed by atoms with Gasteiger partial charge >= 0.3 is 0 Å². The maximum absolute atomic E-state index is 5.19. The minimum absolute atomic E-state index is 0.991. The molecule has 0 aliphatic heterocycles. The van der Waals surface area contributed by atoms with Crippen LogP contribution in [0, 0.1) is 6.92 Å². The van der Waals surface area contributed by atoms with Crippen molar-refractivity contribution in [2.75, 3.05) is 11.5 Å². The van der Waals surface area contributed by atoms with Gasteiger partial charge in [-0.05, 0) is 37.3 Å². The Kier molecular flexibility index (Phi) is 4.69. The summed E-state index contributed by atoms with van der Waals surface area (Å²) in [6.45, 7) is 2.00. The largest absolute Gasteiger partial charge is 0.468 e. The van der Waals surface area contributed by atoms with E-state index in [4.69, 9.17) is 4.42 Å². The van der Waals surface area contributed by atoms with Crippen LogP contribution in [0.3, 0.4) is 0 Å². The summed E-state index contributed by atoms with van der Waals surface area (Å²) in [6, 6.07) is 2.03. The number of hydrogen-bond acceptors (Lipinski definition) is 3. The topological polar surface area (TPSA) is 13.1 Å². The van der Waals surface area contributed by atoms with E-state index in [1.165, 1.54) is 23.5 Å². The first-order chi connectivity index (χ1) is 5.84. The van der Waals surface area contributed by atoms with Gasteiger partial charge in [0.05, 0.1) is 6.26 Å². The van der Waals surface area contributed by atoms with Crippen molar-refractivity contribution >= 4 is 24.4 Å². The highest BCUT2D eigenvalue weighted by atomic mass is 32.2. The van der Waals surface area contributed by atoms with Gasteiger partial charge < -0.3 is 4.42 Å². The highest BCUT2D eigenvalue weighted by molar-refractivity contribution is 7.99. The molecule has 12 heavy (non-hydrogen) atoms. The third-order valence-electron chi connectivity index (χ3n) is 1.62. The summed E-state index contributed by atoms with van der Waals surface area (Å²) in [6.07, 6.45) is 4.18. The Hall–Kier alpha value is -0.0200. The van der Waals surface area contributed by atoms with Crippen LogP contribution in [-0.2, 0) is 0 Å². The quantitative estimate of drug-likeness (QED) is 0.446. The van der Waals surface area contributed by atoms with Crippen LogP contribution in [-0.4, -0.2) is 11.5 Å². The molecule has 68 valence electrons. The van der Waals surface area contributed by atoms with E-state index in [2.05, 4.69) is 12.6 Å². The molecule has 3 heteroatoms. The van der Waals surface area contributed by atoms with Crippen LogP contribution in [0.25, 0.3) is 0 Å². The second kappa shape index (κ2) is 5.60. The van der Waals surface area contributed by atoms with Crippen molar-refractivity contribution in [1.29, 1.82) is 0 Å². The molecule has 0 saturated heterocycles. The zero-order valence-corrected chi connectivity index (χ0v) is 8.96. The summed E-state index contributed by atoms with van der Waals surface area (Å²) in [7, 11) is 0. The van der Waals surface area contributed by atoms with Gasteiger partial charge in [0.25, 0.3) is 0 Å². The average molecular weight is 202 g/mol. The molecular weight excluding hydrogens is 188 g/mol. The molecule has 1 aromatic rings. The first-order valence-electron chi connectivity index (χ1n) is 4.12. The second-order valence-electron chi connectivity index (χ2n) is 2.62. The van der Waals surface area contributed by atoms with Crippen LogP contribution in [0.5, 0.6) is 0 Å². The van der Waals surface area contributed by atoms with E-state index in [9.17, 15) is 0 Å². The molecule has 0 amide bonds.